The highest BCUT2D eigenvalue weighted by Crippen LogP contribution is 2.36. The van der Waals surface area contributed by atoms with Crippen molar-refractivity contribution in [2.75, 3.05) is 13.7 Å². The van der Waals surface area contributed by atoms with E-state index in [1.165, 1.54) is 11.3 Å². The number of methoxy groups -OCH3 is 1. The van der Waals surface area contributed by atoms with Crippen molar-refractivity contribution in [2.24, 2.45) is 0 Å². The summed E-state index contributed by atoms with van der Waals surface area (Å²) in [6, 6.07) is 13.4. The largest absolute Gasteiger partial charge is 0.493 e. The first-order valence-corrected chi connectivity index (χ1v) is 10.6. The Labute approximate surface area is 176 Å². The van der Waals surface area contributed by atoms with Crippen molar-refractivity contribution in [1.82, 2.24) is 10.3 Å². The van der Waals surface area contributed by atoms with Crippen LogP contribution in [0, 0.1) is 0 Å². The number of amides is 1. The molecule has 0 atom stereocenters. The molecule has 3 aromatic rings. The molecule has 0 unspecified atom stereocenters. The van der Waals surface area contributed by atoms with E-state index in [4.69, 9.17) is 9.47 Å². The molecule has 0 fully saturated rings. The van der Waals surface area contributed by atoms with E-state index < -0.39 is 0 Å². The maximum absolute atomic E-state index is 12.6. The number of nitrogens with zero attached hydrogens (tertiary/aromatic N) is 1. The van der Waals surface area contributed by atoms with Crippen molar-refractivity contribution in [3.63, 3.8) is 0 Å². The number of rotatable bonds is 8. The monoisotopic (exact) mass is 460 g/mol. The van der Waals surface area contributed by atoms with Crippen LogP contribution in [0.3, 0.4) is 0 Å². The summed E-state index contributed by atoms with van der Waals surface area (Å²) in [7, 11) is 1.56. The second-order valence-corrected chi connectivity index (χ2v) is 7.81. The van der Waals surface area contributed by atoms with Gasteiger partial charge in [0.15, 0.2) is 11.5 Å². The quantitative estimate of drug-likeness (QED) is 0.495. The van der Waals surface area contributed by atoms with Crippen LogP contribution >= 0.6 is 27.3 Å². The third-order valence-corrected chi connectivity index (χ3v) is 5.40. The maximum atomic E-state index is 12.6. The van der Waals surface area contributed by atoms with Gasteiger partial charge in [0, 0.05) is 16.5 Å². The van der Waals surface area contributed by atoms with Crippen LogP contribution in [0.5, 0.6) is 11.5 Å². The van der Waals surface area contributed by atoms with Gasteiger partial charge in [0.05, 0.1) is 30.4 Å². The smallest absolute Gasteiger partial charge is 0.251 e. The van der Waals surface area contributed by atoms with Crippen LogP contribution in [0.4, 0.5) is 0 Å². The van der Waals surface area contributed by atoms with Gasteiger partial charge in [0.1, 0.15) is 5.01 Å². The van der Waals surface area contributed by atoms with Gasteiger partial charge in [-0.1, -0.05) is 37.3 Å². The van der Waals surface area contributed by atoms with Crippen molar-refractivity contribution in [2.45, 2.75) is 19.9 Å². The molecule has 0 aliphatic carbocycles. The number of ether oxygens (including phenoxy) is 2. The van der Waals surface area contributed by atoms with Gasteiger partial charge >= 0.3 is 0 Å². The molecular formula is C21H21BrN2O3S. The molecule has 0 saturated carbocycles. The van der Waals surface area contributed by atoms with Gasteiger partial charge in [-0.15, -0.1) is 11.3 Å². The zero-order valence-corrected chi connectivity index (χ0v) is 18.1. The first kappa shape index (κ1) is 20.4. The Bertz CT molecular complexity index is 944. The molecule has 0 aliphatic heterocycles. The predicted molar refractivity (Wildman–Crippen MR) is 115 cm³/mol. The van der Waals surface area contributed by atoms with Crippen molar-refractivity contribution in [3.05, 3.63) is 62.9 Å². The number of nitrogens with one attached hydrogen (secondary N) is 1. The molecule has 146 valence electrons. The molecule has 5 nitrogen and oxygen atoms in total. The van der Waals surface area contributed by atoms with E-state index >= 15 is 0 Å². The minimum Gasteiger partial charge on any atom is -0.493 e. The van der Waals surface area contributed by atoms with Gasteiger partial charge in [-0.05, 0) is 34.5 Å². The molecule has 0 saturated heterocycles. The molecule has 0 aliphatic rings. The third kappa shape index (κ3) is 4.91. The maximum Gasteiger partial charge on any atom is 0.251 e. The van der Waals surface area contributed by atoms with Crippen LogP contribution in [-0.4, -0.2) is 24.6 Å². The lowest BCUT2D eigenvalue weighted by Crippen LogP contribution is -2.22. The van der Waals surface area contributed by atoms with E-state index in [1.54, 1.807) is 19.2 Å². The number of halogens is 1. The lowest BCUT2D eigenvalue weighted by Gasteiger charge is -2.13. The number of carbonyl (C=O) groups excluding carboxylic acids is 1. The predicted octanol–water partition coefficient (Wildman–Crippen LogP) is 5.30. The number of benzene rings is 2. The number of aromatic nitrogens is 1. The fraction of sp³-hybridized carbons (Fsp3) is 0.238. The number of carbonyl (C=O) groups is 1. The van der Waals surface area contributed by atoms with Gasteiger partial charge in [-0.3, -0.25) is 4.79 Å². The van der Waals surface area contributed by atoms with Crippen molar-refractivity contribution >= 4 is 33.2 Å². The van der Waals surface area contributed by atoms with Gasteiger partial charge in [0.2, 0.25) is 0 Å². The van der Waals surface area contributed by atoms with Crippen LogP contribution in [0.15, 0.2) is 52.3 Å². The summed E-state index contributed by atoms with van der Waals surface area (Å²) in [5.41, 5.74) is 2.47. The third-order valence-electron chi connectivity index (χ3n) is 3.96. The van der Waals surface area contributed by atoms with Crippen LogP contribution < -0.4 is 14.8 Å². The second kappa shape index (κ2) is 9.71. The van der Waals surface area contributed by atoms with Crippen LogP contribution in [0.25, 0.3) is 11.3 Å². The average molecular weight is 461 g/mol. The lowest BCUT2D eigenvalue weighted by atomic mass is 10.2. The highest BCUT2D eigenvalue weighted by Gasteiger charge is 2.16. The summed E-state index contributed by atoms with van der Waals surface area (Å²) in [6.07, 6.45) is 0.886. The zero-order chi connectivity index (χ0) is 19.9. The van der Waals surface area contributed by atoms with Gasteiger partial charge < -0.3 is 14.8 Å². The van der Waals surface area contributed by atoms with E-state index in [0.717, 1.165) is 22.7 Å². The Kier molecular flexibility index (Phi) is 7.06. The summed E-state index contributed by atoms with van der Waals surface area (Å²) >= 11 is 4.99. The fourth-order valence-corrected chi connectivity index (χ4v) is 3.89. The van der Waals surface area contributed by atoms with E-state index in [9.17, 15) is 4.79 Å². The van der Waals surface area contributed by atoms with Crippen LogP contribution in [-0.2, 0) is 6.54 Å². The van der Waals surface area contributed by atoms with Crippen LogP contribution in [0.2, 0.25) is 0 Å². The Morgan fingerprint density at radius 3 is 2.75 bits per heavy atom. The molecule has 1 amide bonds. The molecule has 0 spiro atoms. The molecule has 1 heterocycles. The summed E-state index contributed by atoms with van der Waals surface area (Å²) < 4.78 is 11.8. The Balaban J connectivity index is 1.68. The molecule has 0 radical (unpaired) electrons. The SMILES string of the molecule is CCCOc1c(Br)cc(C(=O)NCc2nc(-c3ccccc3)cs2)cc1OC. The first-order chi connectivity index (χ1) is 13.6. The lowest BCUT2D eigenvalue weighted by molar-refractivity contribution is 0.0950. The molecule has 7 heteroatoms. The summed E-state index contributed by atoms with van der Waals surface area (Å²) in [4.78, 5) is 17.2. The molecular weight excluding hydrogens is 440 g/mol. The van der Waals surface area contributed by atoms with E-state index in [-0.39, 0.29) is 5.91 Å². The minimum atomic E-state index is -0.197. The molecule has 2 aromatic carbocycles. The topological polar surface area (TPSA) is 60.5 Å². The summed E-state index contributed by atoms with van der Waals surface area (Å²) in [5.74, 6) is 0.930. The fourth-order valence-electron chi connectivity index (χ4n) is 2.59. The second-order valence-electron chi connectivity index (χ2n) is 6.01. The Hall–Kier alpha value is -2.38. The molecule has 0 bridgehead atoms. The first-order valence-electron chi connectivity index (χ1n) is 8.90. The van der Waals surface area contributed by atoms with E-state index in [2.05, 4.69) is 26.2 Å². The van der Waals surface area contributed by atoms with E-state index in [1.807, 2.05) is 42.6 Å². The normalized spacial score (nSPS) is 10.5. The number of hydrogen-bond acceptors (Lipinski definition) is 5. The van der Waals surface area contributed by atoms with Crippen molar-refractivity contribution < 1.29 is 14.3 Å². The Morgan fingerprint density at radius 1 is 1.25 bits per heavy atom. The highest BCUT2D eigenvalue weighted by molar-refractivity contribution is 9.10. The van der Waals surface area contributed by atoms with Gasteiger partial charge in [-0.2, -0.15) is 0 Å². The van der Waals surface area contributed by atoms with Gasteiger partial charge in [-0.25, -0.2) is 4.98 Å². The van der Waals surface area contributed by atoms with Crippen molar-refractivity contribution in [1.29, 1.82) is 0 Å². The molecule has 28 heavy (non-hydrogen) atoms. The van der Waals surface area contributed by atoms with E-state index in [0.29, 0.717) is 34.7 Å². The minimum absolute atomic E-state index is 0.197. The number of thiazole rings is 1. The van der Waals surface area contributed by atoms with Crippen LogP contribution in [0.1, 0.15) is 28.7 Å². The summed E-state index contributed by atoms with van der Waals surface area (Å²) in [6.45, 7) is 2.97. The highest BCUT2D eigenvalue weighted by atomic mass is 79.9. The standard InChI is InChI=1S/C21H21BrN2O3S/c1-3-9-27-20-16(22)10-15(11-18(20)26-2)21(25)23-12-19-24-17(13-28-19)14-7-5-4-6-8-14/h4-8,10-11,13H,3,9,12H2,1-2H3,(H,23,25). The van der Waals surface area contributed by atoms with Gasteiger partial charge in [0.25, 0.3) is 5.91 Å². The summed E-state index contributed by atoms with van der Waals surface area (Å²) in [5, 5.41) is 5.76. The molecule has 1 N–H and O–H groups in total. The average Bonchev–Trinajstić information content (AvgIpc) is 3.20. The Morgan fingerprint density at radius 2 is 2.04 bits per heavy atom. The number of hydrogen-bond donors (Lipinski definition) is 1. The molecule has 1 aromatic heterocycles. The zero-order valence-electron chi connectivity index (χ0n) is 15.7. The molecule has 3 rings (SSSR count). The van der Waals surface area contributed by atoms with Crippen molar-refractivity contribution in [3.8, 4) is 22.8 Å².